The monoisotopic (exact) mass is 641 g/mol. The van der Waals surface area contributed by atoms with Crippen molar-refractivity contribution in [2.24, 2.45) is 52.1 Å². The standard InChI is InChI=1S/C42H59NO4/c1-37-17-10-31(26-46-2)40-19-11-30(25-44)42(43,36(37)40)35-12-18-39(15-4-3-5-16-39)34-22-33(45)9-8-29(34)20-28-21-32(41(35,27-40)47-37)24-38(23-28)13-6-7-14-38/h8-9,22,28,30-32,35-36,44-45H,3-7,10-11,13-17,19-21,23-27,43H2,1-2H3. The lowest BCUT2D eigenvalue weighted by molar-refractivity contribution is -0.395. The first-order valence-electron chi connectivity index (χ1n) is 19.6. The smallest absolute Gasteiger partial charge is 0.115 e. The molecule has 1 aromatic rings. The highest BCUT2D eigenvalue weighted by atomic mass is 16.5. The Kier molecular flexibility index (Phi) is 7.16. The van der Waals surface area contributed by atoms with E-state index in [-0.39, 0.29) is 40.8 Å². The highest BCUT2D eigenvalue weighted by molar-refractivity contribution is 5.48. The molecular formula is C42H59NO4. The van der Waals surface area contributed by atoms with Gasteiger partial charge in [-0.3, -0.25) is 0 Å². The average Bonchev–Trinajstić information content (AvgIpc) is 3.49. The van der Waals surface area contributed by atoms with Crippen molar-refractivity contribution in [2.75, 3.05) is 20.3 Å². The van der Waals surface area contributed by atoms with Crippen LogP contribution in [0, 0.1) is 58.2 Å². The van der Waals surface area contributed by atoms with E-state index in [0.717, 1.165) is 58.0 Å². The summed E-state index contributed by atoms with van der Waals surface area (Å²) in [5.41, 5.74) is 9.72. The van der Waals surface area contributed by atoms with Gasteiger partial charge in [0.1, 0.15) is 5.75 Å². The van der Waals surface area contributed by atoms with E-state index >= 15 is 0 Å². The van der Waals surface area contributed by atoms with Crippen molar-refractivity contribution >= 4 is 0 Å². The number of nitrogens with two attached hydrogens (primary N) is 1. The van der Waals surface area contributed by atoms with Gasteiger partial charge in [0.15, 0.2) is 0 Å². The zero-order valence-electron chi connectivity index (χ0n) is 29.1. The molecule has 4 N–H and O–H groups in total. The number of hydrogen-bond acceptors (Lipinski definition) is 5. The van der Waals surface area contributed by atoms with Crippen LogP contribution in [0.4, 0.5) is 0 Å². The zero-order valence-corrected chi connectivity index (χ0v) is 29.1. The molecule has 8 fully saturated rings. The van der Waals surface area contributed by atoms with Crippen LogP contribution in [0.15, 0.2) is 18.2 Å². The molecule has 10 atom stereocenters. The molecule has 2 aliphatic heterocycles. The van der Waals surface area contributed by atoms with Crippen molar-refractivity contribution < 1.29 is 19.7 Å². The molecule has 2 saturated heterocycles. The number of fused-ring (bicyclic) bond motifs is 4. The van der Waals surface area contributed by atoms with Gasteiger partial charge in [0.05, 0.1) is 22.5 Å². The molecule has 10 unspecified atom stereocenters. The summed E-state index contributed by atoms with van der Waals surface area (Å²) in [6, 6.07) is 6.26. The van der Waals surface area contributed by atoms with Crippen molar-refractivity contribution in [1.82, 2.24) is 0 Å². The van der Waals surface area contributed by atoms with Crippen molar-refractivity contribution in [2.45, 2.75) is 145 Å². The van der Waals surface area contributed by atoms with Crippen molar-refractivity contribution in [3.8, 4) is 17.6 Å². The van der Waals surface area contributed by atoms with Crippen LogP contribution >= 0.6 is 0 Å². The van der Waals surface area contributed by atoms with Crippen LogP contribution in [-0.2, 0) is 21.3 Å². The van der Waals surface area contributed by atoms with E-state index in [0.29, 0.717) is 28.9 Å². The number of phenols is 1. The van der Waals surface area contributed by atoms with E-state index in [1.807, 2.05) is 13.2 Å². The highest BCUT2D eigenvalue weighted by Crippen LogP contribution is 2.77. The van der Waals surface area contributed by atoms with Gasteiger partial charge in [-0.1, -0.05) is 50.0 Å². The summed E-state index contributed by atoms with van der Waals surface area (Å²) in [5, 5.41) is 22.1. The molecule has 2 heterocycles. The first-order valence-corrected chi connectivity index (χ1v) is 19.6. The fourth-order valence-electron chi connectivity index (χ4n) is 15.0. The maximum absolute atomic E-state index is 11.2. The Labute approximate surface area is 283 Å². The van der Waals surface area contributed by atoms with Crippen LogP contribution in [0.25, 0.3) is 0 Å². The lowest BCUT2D eigenvalue weighted by atomic mass is 9.31. The van der Waals surface area contributed by atoms with Gasteiger partial charge in [0, 0.05) is 37.7 Å². The zero-order chi connectivity index (χ0) is 32.3. The minimum atomic E-state index is -0.612. The number of aliphatic hydroxyl groups is 1. The van der Waals surface area contributed by atoms with Gasteiger partial charge in [-0.25, -0.2) is 0 Å². The lowest BCUT2D eigenvalue weighted by Gasteiger charge is -2.80. The minimum absolute atomic E-state index is 0.0210. The summed E-state index contributed by atoms with van der Waals surface area (Å²) in [6.45, 7) is 3.33. The van der Waals surface area contributed by atoms with Gasteiger partial charge in [-0.05, 0) is 142 Å². The van der Waals surface area contributed by atoms with Crippen molar-refractivity contribution in [3.63, 3.8) is 0 Å². The third kappa shape index (κ3) is 4.23. The van der Waals surface area contributed by atoms with Crippen molar-refractivity contribution in [3.05, 3.63) is 29.3 Å². The van der Waals surface area contributed by atoms with Crippen LogP contribution in [0.5, 0.6) is 5.75 Å². The van der Waals surface area contributed by atoms with Crippen LogP contribution in [-0.4, -0.2) is 47.3 Å². The second kappa shape index (κ2) is 10.7. The second-order valence-corrected chi connectivity index (χ2v) is 18.6. The number of aliphatic hydroxyl groups excluding tert-OH is 1. The van der Waals surface area contributed by atoms with Crippen LogP contribution in [0.3, 0.4) is 0 Å². The number of benzene rings is 1. The Bertz CT molecular complexity index is 1470. The maximum Gasteiger partial charge on any atom is 0.115 e. The molecule has 0 aromatic heterocycles. The number of methoxy groups -OCH3 is 1. The Balaban J connectivity index is 1.31. The predicted molar refractivity (Wildman–Crippen MR) is 184 cm³/mol. The maximum atomic E-state index is 11.2. The summed E-state index contributed by atoms with van der Waals surface area (Å²) >= 11 is 0. The van der Waals surface area contributed by atoms with E-state index in [4.69, 9.17) is 15.2 Å². The summed E-state index contributed by atoms with van der Waals surface area (Å²) in [5.74, 6) is 10.1. The molecule has 7 aliphatic carbocycles. The number of rotatable bonds is 3. The molecule has 9 aliphatic rings. The van der Waals surface area contributed by atoms with Crippen LogP contribution < -0.4 is 5.73 Å². The first kappa shape index (κ1) is 31.4. The molecule has 7 bridgehead atoms. The number of aromatic hydroxyl groups is 1. The van der Waals surface area contributed by atoms with E-state index in [9.17, 15) is 10.2 Å². The minimum Gasteiger partial charge on any atom is -0.508 e. The molecule has 0 radical (unpaired) electrons. The molecule has 1 aromatic carbocycles. The van der Waals surface area contributed by atoms with E-state index < -0.39 is 11.1 Å². The third-order valence-electron chi connectivity index (χ3n) is 16.4. The predicted octanol–water partition coefficient (Wildman–Crippen LogP) is 7.44. The van der Waals surface area contributed by atoms with Gasteiger partial charge in [-0.2, -0.15) is 0 Å². The van der Waals surface area contributed by atoms with E-state index in [2.05, 4.69) is 30.9 Å². The SMILES string of the molecule is COCC1CCC2(C)OC34CC15CCC(CO)C(N)(C25)C3C#CC1(CCCCC1)c1cc(O)ccc1CC1CC4CC2(CCCC2)C1. The molecule has 3 spiro atoms. The van der Waals surface area contributed by atoms with Gasteiger partial charge in [0.25, 0.3) is 0 Å². The molecular weight excluding hydrogens is 582 g/mol. The largest absolute Gasteiger partial charge is 0.508 e. The highest BCUT2D eigenvalue weighted by Gasteiger charge is 2.81. The van der Waals surface area contributed by atoms with E-state index in [1.54, 1.807) is 0 Å². The summed E-state index contributed by atoms with van der Waals surface area (Å²) in [7, 11) is 1.88. The van der Waals surface area contributed by atoms with E-state index in [1.165, 1.54) is 75.3 Å². The van der Waals surface area contributed by atoms with Crippen molar-refractivity contribution in [1.29, 1.82) is 0 Å². The number of ether oxygens (including phenoxy) is 2. The quantitative estimate of drug-likeness (QED) is 0.299. The Morgan fingerprint density at radius 3 is 2.51 bits per heavy atom. The topological polar surface area (TPSA) is 84.9 Å². The summed E-state index contributed by atoms with van der Waals surface area (Å²) < 4.78 is 14.0. The Morgan fingerprint density at radius 2 is 1.74 bits per heavy atom. The molecule has 0 amide bonds. The van der Waals surface area contributed by atoms with Gasteiger partial charge in [-0.15, -0.1) is 0 Å². The van der Waals surface area contributed by atoms with Gasteiger partial charge >= 0.3 is 0 Å². The molecule has 5 heteroatoms. The summed E-state index contributed by atoms with van der Waals surface area (Å²) in [4.78, 5) is 0. The third-order valence-corrected chi connectivity index (χ3v) is 16.4. The fraction of sp³-hybridized carbons (Fsp3) is 0.810. The molecule has 5 nitrogen and oxygen atoms in total. The fourth-order valence-corrected chi connectivity index (χ4v) is 15.0. The van der Waals surface area contributed by atoms with Crippen LogP contribution in [0.2, 0.25) is 0 Å². The first-order chi connectivity index (χ1) is 22.6. The number of phenolic OH excluding ortho intramolecular Hbond substituents is 1. The molecule has 47 heavy (non-hydrogen) atoms. The normalized spacial score (nSPS) is 47.0. The molecule has 10 rings (SSSR count). The van der Waals surface area contributed by atoms with Gasteiger partial charge < -0.3 is 25.4 Å². The van der Waals surface area contributed by atoms with Crippen LogP contribution in [0.1, 0.15) is 127 Å². The lowest BCUT2D eigenvalue weighted by Crippen LogP contribution is -2.87. The Morgan fingerprint density at radius 1 is 0.979 bits per heavy atom. The molecule has 6 saturated carbocycles. The average molecular weight is 642 g/mol. The summed E-state index contributed by atoms with van der Waals surface area (Å²) in [6.07, 6.45) is 21.1. The second-order valence-electron chi connectivity index (χ2n) is 18.6. The number of hydrogen-bond donors (Lipinski definition) is 3. The molecule has 256 valence electrons. The van der Waals surface area contributed by atoms with Gasteiger partial charge in [0.2, 0.25) is 0 Å². The Hall–Kier alpha value is -1.58.